The second kappa shape index (κ2) is 6.54. The Balaban J connectivity index is 1.34. The fourth-order valence-electron chi connectivity index (χ4n) is 4.21. The van der Waals surface area contributed by atoms with E-state index in [1.165, 1.54) is 12.8 Å². The van der Waals surface area contributed by atoms with Gasteiger partial charge in [0.15, 0.2) is 17.0 Å². The van der Waals surface area contributed by atoms with Gasteiger partial charge in [0.05, 0.1) is 11.6 Å². The van der Waals surface area contributed by atoms with Crippen molar-refractivity contribution in [3.05, 3.63) is 36.2 Å². The van der Waals surface area contributed by atoms with E-state index < -0.39 is 0 Å². The van der Waals surface area contributed by atoms with Gasteiger partial charge in [0.2, 0.25) is 0 Å². The van der Waals surface area contributed by atoms with Gasteiger partial charge in [0, 0.05) is 37.8 Å². The van der Waals surface area contributed by atoms with E-state index in [1.54, 1.807) is 18.7 Å². The molecule has 0 saturated heterocycles. The predicted molar refractivity (Wildman–Crippen MR) is 110 cm³/mol. The first-order valence-corrected chi connectivity index (χ1v) is 10.4. The van der Waals surface area contributed by atoms with E-state index in [1.807, 2.05) is 6.92 Å². The highest BCUT2D eigenvalue weighted by atomic mass is 15.3. The average Bonchev–Trinajstić information content (AvgIpc) is 3.23. The van der Waals surface area contributed by atoms with Gasteiger partial charge in [-0.15, -0.1) is 10.2 Å². The molecule has 1 aliphatic carbocycles. The van der Waals surface area contributed by atoms with Crippen LogP contribution in [-0.2, 0) is 19.5 Å². The van der Waals surface area contributed by atoms with Crippen molar-refractivity contribution < 1.29 is 0 Å². The van der Waals surface area contributed by atoms with Crippen molar-refractivity contribution in [1.82, 2.24) is 44.3 Å². The van der Waals surface area contributed by atoms with E-state index in [0.29, 0.717) is 5.92 Å². The van der Waals surface area contributed by atoms with Crippen LogP contribution in [0.1, 0.15) is 43.2 Å². The molecule has 2 aliphatic rings. The minimum atomic E-state index is 0.212. The van der Waals surface area contributed by atoms with Crippen molar-refractivity contribution in [2.45, 2.75) is 58.2 Å². The Kier molecular flexibility index (Phi) is 3.80. The molecule has 4 aromatic rings. The molecule has 1 N–H and O–H groups in total. The Morgan fingerprint density at radius 1 is 1.10 bits per heavy atom. The van der Waals surface area contributed by atoms with Crippen molar-refractivity contribution in [1.29, 1.82) is 0 Å². The minimum absolute atomic E-state index is 0.212. The summed E-state index contributed by atoms with van der Waals surface area (Å²) in [5, 5.41) is 12.4. The Hall–Kier alpha value is -3.43. The maximum Gasteiger partial charge on any atom is 0.165 e. The fraction of sp³-hybridized carbons (Fsp3) is 0.450. The maximum absolute atomic E-state index is 4.88. The van der Waals surface area contributed by atoms with Crippen LogP contribution in [0.5, 0.6) is 0 Å². The number of aromatic nitrogens is 9. The van der Waals surface area contributed by atoms with Gasteiger partial charge in [-0.2, -0.15) is 0 Å². The molecule has 5 heterocycles. The number of hydrogen-bond acceptors (Lipinski definition) is 8. The van der Waals surface area contributed by atoms with Crippen molar-refractivity contribution in [3.8, 4) is 11.4 Å². The lowest BCUT2D eigenvalue weighted by Crippen LogP contribution is -2.22. The van der Waals surface area contributed by atoms with E-state index in [4.69, 9.17) is 4.98 Å². The van der Waals surface area contributed by atoms with E-state index in [9.17, 15) is 0 Å². The molecule has 4 aromatic heterocycles. The smallest absolute Gasteiger partial charge is 0.165 e. The monoisotopic (exact) mass is 402 g/mol. The molecule has 0 spiro atoms. The number of aryl methyl sites for hydroxylation is 2. The molecule has 6 rings (SSSR count). The van der Waals surface area contributed by atoms with Gasteiger partial charge in [-0.1, -0.05) is 0 Å². The van der Waals surface area contributed by atoms with Crippen LogP contribution in [-0.4, -0.2) is 50.3 Å². The van der Waals surface area contributed by atoms with Gasteiger partial charge in [0.25, 0.3) is 0 Å². The number of imidazole rings is 1. The molecular weight excluding hydrogens is 380 g/mol. The van der Waals surface area contributed by atoms with Gasteiger partial charge in [-0.3, -0.25) is 0 Å². The van der Waals surface area contributed by atoms with E-state index in [-0.39, 0.29) is 6.04 Å². The van der Waals surface area contributed by atoms with Gasteiger partial charge >= 0.3 is 0 Å². The van der Waals surface area contributed by atoms with Crippen LogP contribution >= 0.6 is 0 Å². The summed E-state index contributed by atoms with van der Waals surface area (Å²) in [6, 6.07) is 0.212. The fourth-order valence-corrected chi connectivity index (χ4v) is 4.21. The molecule has 1 saturated carbocycles. The summed E-state index contributed by atoms with van der Waals surface area (Å²) in [4.78, 5) is 22.5. The lowest BCUT2D eigenvalue weighted by Gasteiger charge is -2.13. The van der Waals surface area contributed by atoms with Gasteiger partial charge in [-0.25, -0.2) is 24.9 Å². The summed E-state index contributed by atoms with van der Waals surface area (Å²) in [7, 11) is 0. The third-order valence-electron chi connectivity index (χ3n) is 5.86. The van der Waals surface area contributed by atoms with Crippen LogP contribution < -0.4 is 5.32 Å². The molecule has 1 atom stereocenters. The summed E-state index contributed by atoms with van der Waals surface area (Å²) in [5.41, 5.74) is 2.44. The first kappa shape index (κ1) is 17.4. The number of hydrogen-bond donors (Lipinski definition) is 1. The van der Waals surface area contributed by atoms with Crippen LogP contribution in [0.3, 0.4) is 0 Å². The third-order valence-corrected chi connectivity index (χ3v) is 5.86. The SMILES string of the molecule is CCn1c(-c2cnc(C)nc2)nc2c(N[C@H]3Cc4nnc(C5CC5)n4C3)ncnc21. The second-order valence-corrected chi connectivity index (χ2v) is 8.00. The van der Waals surface area contributed by atoms with Crippen molar-refractivity contribution in [2.24, 2.45) is 0 Å². The topological polar surface area (TPSA) is 112 Å². The normalized spacial score (nSPS) is 18.1. The van der Waals surface area contributed by atoms with Crippen LogP contribution in [0.25, 0.3) is 22.6 Å². The predicted octanol–water partition coefficient (Wildman–Crippen LogP) is 2.12. The molecule has 152 valence electrons. The van der Waals surface area contributed by atoms with Crippen molar-refractivity contribution >= 4 is 17.0 Å². The van der Waals surface area contributed by atoms with Crippen molar-refractivity contribution in [3.63, 3.8) is 0 Å². The van der Waals surface area contributed by atoms with Gasteiger partial charge < -0.3 is 14.5 Å². The molecule has 0 aromatic carbocycles. The zero-order valence-electron chi connectivity index (χ0n) is 16.9. The van der Waals surface area contributed by atoms with Crippen molar-refractivity contribution in [2.75, 3.05) is 5.32 Å². The number of fused-ring (bicyclic) bond motifs is 2. The molecule has 1 fully saturated rings. The van der Waals surface area contributed by atoms with Crippen LogP contribution in [0, 0.1) is 6.92 Å². The quantitative estimate of drug-likeness (QED) is 0.540. The van der Waals surface area contributed by atoms with Gasteiger partial charge in [0.1, 0.15) is 29.6 Å². The molecule has 30 heavy (non-hydrogen) atoms. The first-order chi connectivity index (χ1) is 14.7. The summed E-state index contributed by atoms with van der Waals surface area (Å²) >= 11 is 0. The summed E-state index contributed by atoms with van der Waals surface area (Å²) < 4.78 is 4.35. The Morgan fingerprint density at radius 2 is 1.93 bits per heavy atom. The minimum Gasteiger partial charge on any atom is -0.363 e. The average molecular weight is 402 g/mol. The standard InChI is InChI=1S/C20H22N10/c1-3-29-18(13-7-21-11(2)22-8-13)26-16-17(23-10-24-20(16)29)25-14-6-15-27-28-19(12-4-5-12)30(15)9-14/h7-8,10,12,14H,3-6,9H2,1-2H3,(H,23,24,25)/t14-/m0/s1. The Bertz CT molecular complexity index is 1230. The molecule has 0 unspecified atom stereocenters. The second-order valence-electron chi connectivity index (χ2n) is 8.00. The zero-order valence-corrected chi connectivity index (χ0v) is 16.9. The molecule has 0 bridgehead atoms. The largest absolute Gasteiger partial charge is 0.363 e. The van der Waals surface area contributed by atoms with Crippen LogP contribution in [0.4, 0.5) is 5.82 Å². The molecule has 0 radical (unpaired) electrons. The van der Waals surface area contributed by atoms with Crippen LogP contribution in [0.15, 0.2) is 18.7 Å². The highest BCUT2D eigenvalue weighted by Gasteiger charge is 2.34. The third kappa shape index (κ3) is 2.74. The maximum atomic E-state index is 4.88. The lowest BCUT2D eigenvalue weighted by molar-refractivity contribution is 0.638. The first-order valence-electron chi connectivity index (χ1n) is 10.4. The highest BCUT2D eigenvalue weighted by molar-refractivity contribution is 5.86. The van der Waals surface area contributed by atoms with Crippen LogP contribution in [0.2, 0.25) is 0 Å². The summed E-state index contributed by atoms with van der Waals surface area (Å²) in [6.45, 7) is 5.55. The molecule has 0 amide bonds. The van der Waals surface area contributed by atoms with E-state index in [2.05, 4.69) is 51.5 Å². The highest BCUT2D eigenvalue weighted by Crippen LogP contribution is 2.40. The number of nitrogens with one attached hydrogen (secondary N) is 1. The molecule has 10 nitrogen and oxygen atoms in total. The lowest BCUT2D eigenvalue weighted by atomic mass is 10.2. The van der Waals surface area contributed by atoms with E-state index in [0.717, 1.165) is 65.4 Å². The summed E-state index contributed by atoms with van der Waals surface area (Å²) in [5.74, 6) is 5.07. The summed E-state index contributed by atoms with van der Waals surface area (Å²) in [6.07, 6.45) is 8.49. The zero-order chi connectivity index (χ0) is 20.2. The molecule has 1 aliphatic heterocycles. The number of nitrogens with zero attached hydrogens (tertiary/aromatic N) is 9. The Morgan fingerprint density at radius 3 is 2.70 bits per heavy atom. The number of anilines is 1. The Labute approximate surface area is 172 Å². The molecule has 10 heteroatoms. The van der Waals surface area contributed by atoms with E-state index >= 15 is 0 Å². The molecular formula is C20H22N10. The number of rotatable bonds is 5. The van der Waals surface area contributed by atoms with Gasteiger partial charge in [-0.05, 0) is 26.7 Å².